The van der Waals surface area contributed by atoms with Gasteiger partial charge in [-0.15, -0.1) is 0 Å². The third kappa shape index (κ3) is 4.41. The Bertz CT molecular complexity index is 396. The maximum absolute atomic E-state index is 11.9. The van der Waals surface area contributed by atoms with E-state index < -0.39 is 29.9 Å². The van der Waals surface area contributed by atoms with Crippen LogP contribution in [0.2, 0.25) is 0 Å². The maximum atomic E-state index is 11.9. The van der Waals surface area contributed by atoms with Crippen LogP contribution < -0.4 is 10.6 Å². The van der Waals surface area contributed by atoms with E-state index in [9.17, 15) is 19.2 Å². The number of ether oxygens (including phenoxy) is 2. The fourth-order valence-corrected chi connectivity index (χ4v) is 2.21. The molecule has 1 rings (SSSR count). The molecule has 2 N–H and O–H groups in total. The van der Waals surface area contributed by atoms with Crippen molar-refractivity contribution in [3.63, 3.8) is 0 Å². The molecule has 20 heavy (non-hydrogen) atoms. The van der Waals surface area contributed by atoms with Gasteiger partial charge in [0.05, 0.1) is 13.2 Å². The molecule has 1 heterocycles. The summed E-state index contributed by atoms with van der Waals surface area (Å²) in [6, 6.07) is -2.30. The van der Waals surface area contributed by atoms with E-state index in [2.05, 4.69) is 10.6 Å². The summed E-state index contributed by atoms with van der Waals surface area (Å²) in [4.78, 5) is 46.2. The van der Waals surface area contributed by atoms with Crippen molar-refractivity contribution >= 4 is 34.8 Å². The molecule has 0 saturated carbocycles. The van der Waals surface area contributed by atoms with E-state index in [1.54, 1.807) is 13.8 Å². The lowest BCUT2D eigenvalue weighted by Gasteiger charge is -2.17. The third-order valence-electron chi connectivity index (χ3n) is 2.32. The number of carbonyl (C=O) groups is 4. The smallest absolute Gasteiger partial charge is 0.340 e. The normalized spacial score (nSPS) is 17.6. The number of nitrogens with one attached hydrogen (secondary N) is 2. The van der Waals surface area contributed by atoms with Crippen LogP contribution in [-0.2, 0) is 23.9 Å². The molecule has 1 aliphatic rings. The average Bonchev–Trinajstić information content (AvgIpc) is 2.83. The van der Waals surface area contributed by atoms with Gasteiger partial charge in [0.25, 0.3) is 5.24 Å². The van der Waals surface area contributed by atoms with E-state index in [1.165, 1.54) is 0 Å². The second-order valence-corrected chi connectivity index (χ2v) is 4.73. The van der Waals surface area contributed by atoms with Gasteiger partial charge in [0.2, 0.25) is 11.9 Å². The first-order chi connectivity index (χ1) is 9.49. The number of rotatable bonds is 6. The molecule has 1 saturated heterocycles. The van der Waals surface area contributed by atoms with Crippen LogP contribution in [0.4, 0.5) is 4.79 Å². The molecule has 0 aromatic rings. The fraction of sp³-hybridized carbons (Fsp3) is 0.636. The topological polar surface area (TPSA) is 111 Å². The third-order valence-corrected chi connectivity index (χ3v) is 3.20. The molecule has 0 aromatic carbocycles. The van der Waals surface area contributed by atoms with E-state index in [4.69, 9.17) is 9.47 Å². The van der Waals surface area contributed by atoms with E-state index in [1.807, 2.05) is 0 Å². The van der Waals surface area contributed by atoms with Gasteiger partial charge in [-0.25, -0.2) is 9.59 Å². The highest BCUT2D eigenvalue weighted by Crippen LogP contribution is 2.13. The summed E-state index contributed by atoms with van der Waals surface area (Å²) < 4.78 is 9.42. The highest BCUT2D eigenvalue weighted by molar-refractivity contribution is 8.14. The van der Waals surface area contributed by atoms with Gasteiger partial charge in [0.15, 0.2) is 0 Å². The second-order valence-electron chi connectivity index (χ2n) is 3.74. The molecular weight excluding hydrogens is 288 g/mol. The zero-order valence-corrected chi connectivity index (χ0v) is 12.0. The summed E-state index contributed by atoms with van der Waals surface area (Å²) in [5.41, 5.74) is 0. The van der Waals surface area contributed by atoms with Gasteiger partial charge in [0.1, 0.15) is 6.04 Å². The molecule has 2 amide bonds. The minimum absolute atomic E-state index is 0.0701. The average molecular weight is 304 g/mol. The minimum Gasteiger partial charge on any atom is -0.464 e. The lowest BCUT2D eigenvalue weighted by Crippen LogP contribution is -2.53. The molecule has 8 nitrogen and oxygen atoms in total. The summed E-state index contributed by atoms with van der Waals surface area (Å²) in [6.45, 7) is 3.30. The van der Waals surface area contributed by atoms with Crippen LogP contribution >= 0.6 is 11.8 Å². The lowest BCUT2D eigenvalue weighted by molar-refractivity contribution is -0.159. The molecule has 1 atom stereocenters. The Morgan fingerprint density at radius 2 is 1.85 bits per heavy atom. The molecule has 0 bridgehead atoms. The minimum atomic E-state index is -1.52. The Balaban J connectivity index is 2.68. The van der Waals surface area contributed by atoms with E-state index in [-0.39, 0.29) is 24.2 Å². The van der Waals surface area contributed by atoms with Crippen LogP contribution in [0.15, 0.2) is 0 Å². The highest BCUT2D eigenvalue weighted by Gasteiger charge is 2.35. The van der Waals surface area contributed by atoms with Gasteiger partial charge in [-0.2, -0.15) is 0 Å². The van der Waals surface area contributed by atoms with Crippen molar-refractivity contribution in [1.82, 2.24) is 10.6 Å². The van der Waals surface area contributed by atoms with Gasteiger partial charge in [0, 0.05) is 5.75 Å². The van der Waals surface area contributed by atoms with Gasteiger partial charge < -0.3 is 20.1 Å². The van der Waals surface area contributed by atoms with Gasteiger partial charge in [-0.3, -0.25) is 9.59 Å². The molecule has 0 aliphatic carbocycles. The molecule has 1 aliphatic heterocycles. The van der Waals surface area contributed by atoms with Gasteiger partial charge in [-0.1, -0.05) is 11.8 Å². The Kier molecular flexibility index (Phi) is 6.29. The zero-order chi connectivity index (χ0) is 15.1. The number of amides is 2. The summed E-state index contributed by atoms with van der Waals surface area (Å²) in [5, 5.41) is 4.32. The standard InChI is InChI=1S/C11H16N2O6S/c1-3-18-9(15)7(10(16)19-4-2)13-8(14)6-5-20-11(17)12-6/h6-7H,3-5H2,1-2H3,(H,12,17)(H,13,14). The number of hydrogen-bond acceptors (Lipinski definition) is 7. The van der Waals surface area contributed by atoms with Crippen molar-refractivity contribution in [2.75, 3.05) is 19.0 Å². The summed E-state index contributed by atoms with van der Waals surface area (Å²) in [6.07, 6.45) is 0. The van der Waals surface area contributed by atoms with Gasteiger partial charge in [-0.05, 0) is 13.8 Å². The Labute approximate surface area is 119 Å². The van der Waals surface area contributed by atoms with Crippen LogP contribution in [0, 0.1) is 0 Å². The van der Waals surface area contributed by atoms with Crippen LogP contribution in [0.1, 0.15) is 13.8 Å². The van der Waals surface area contributed by atoms with E-state index in [0.717, 1.165) is 11.8 Å². The first-order valence-electron chi connectivity index (χ1n) is 6.06. The van der Waals surface area contributed by atoms with Crippen molar-refractivity contribution in [3.05, 3.63) is 0 Å². The number of thioether (sulfide) groups is 1. The van der Waals surface area contributed by atoms with Crippen molar-refractivity contribution < 1.29 is 28.7 Å². The number of carbonyl (C=O) groups excluding carboxylic acids is 4. The molecule has 0 aromatic heterocycles. The van der Waals surface area contributed by atoms with Crippen molar-refractivity contribution in [2.45, 2.75) is 25.9 Å². The number of hydrogen-bond donors (Lipinski definition) is 2. The van der Waals surface area contributed by atoms with Gasteiger partial charge >= 0.3 is 11.9 Å². The molecule has 0 spiro atoms. The monoisotopic (exact) mass is 304 g/mol. The second kappa shape index (κ2) is 7.73. The SMILES string of the molecule is CCOC(=O)C(NC(=O)C1CSC(=O)N1)C(=O)OCC. The molecule has 1 fully saturated rings. The molecule has 1 unspecified atom stereocenters. The zero-order valence-electron chi connectivity index (χ0n) is 11.1. The highest BCUT2D eigenvalue weighted by atomic mass is 32.2. The predicted octanol–water partition coefficient (Wildman–Crippen LogP) is -0.578. The number of esters is 2. The van der Waals surface area contributed by atoms with Crippen LogP contribution in [0.5, 0.6) is 0 Å². The first kappa shape index (κ1) is 16.3. The van der Waals surface area contributed by atoms with E-state index >= 15 is 0 Å². The maximum Gasteiger partial charge on any atom is 0.340 e. The van der Waals surface area contributed by atoms with Crippen LogP contribution in [0.3, 0.4) is 0 Å². The van der Waals surface area contributed by atoms with Crippen LogP contribution in [0.25, 0.3) is 0 Å². The van der Waals surface area contributed by atoms with Crippen molar-refractivity contribution in [3.8, 4) is 0 Å². The molecular formula is C11H16N2O6S. The first-order valence-corrected chi connectivity index (χ1v) is 7.05. The summed E-state index contributed by atoms with van der Waals surface area (Å²) >= 11 is 0.955. The van der Waals surface area contributed by atoms with Crippen molar-refractivity contribution in [2.24, 2.45) is 0 Å². The lowest BCUT2D eigenvalue weighted by atomic mass is 10.2. The quantitative estimate of drug-likeness (QED) is 0.499. The Morgan fingerprint density at radius 1 is 1.30 bits per heavy atom. The predicted molar refractivity (Wildman–Crippen MR) is 70.0 cm³/mol. The molecule has 0 radical (unpaired) electrons. The van der Waals surface area contributed by atoms with E-state index in [0.29, 0.717) is 0 Å². The fourth-order valence-electron chi connectivity index (χ4n) is 1.43. The Morgan fingerprint density at radius 3 is 2.25 bits per heavy atom. The largest absolute Gasteiger partial charge is 0.464 e. The van der Waals surface area contributed by atoms with Crippen molar-refractivity contribution in [1.29, 1.82) is 0 Å². The summed E-state index contributed by atoms with van der Waals surface area (Å²) in [7, 11) is 0. The molecule has 112 valence electrons. The summed E-state index contributed by atoms with van der Waals surface area (Å²) in [5.74, 6) is -2.18. The van der Waals surface area contributed by atoms with Crippen LogP contribution in [-0.4, -0.2) is 54.1 Å². The molecule has 9 heteroatoms. The Hall–Kier alpha value is -1.77.